The fraction of sp³-hybridized carbons (Fsp3) is 0.444. The Hall–Kier alpha value is -2.46. The first-order valence-electron chi connectivity index (χ1n) is 9.71. The van der Waals surface area contributed by atoms with Crippen LogP contribution in [0.15, 0.2) is 29.4 Å². The number of aliphatic hydroxyl groups excluding tert-OH is 2. The minimum atomic E-state index is -4.50. The van der Waals surface area contributed by atoms with Crippen molar-refractivity contribution in [2.75, 3.05) is 24.4 Å². The molecule has 11 nitrogen and oxygen atoms in total. The number of rotatable bonds is 10. The maximum absolute atomic E-state index is 14.0. The van der Waals surface area contributed by atoms with E-state index in [1.54, 1.807) is 0 Å². The van der Waals surface area contributed by atoms with Crippen LogP contribution in [0.1, 0.15) is 18.9 Å². The summed E-state index contributed by atoms with van der Waals surface area (Å²) in [6.07, 6.45) is -1.74. The number of nitrogens with zero attached hydrogens (tertiary/aromatic N) is 3. The Labute approximate surface area is 189 Å². The van der Waals surface area contributed by atoms with E-state index in [1.807, 2.05) is 0 Å². The highest BCUT2D eigenvalue weighted by Gasteiger charge is 2.30. The molecule has 0 amide bonds. The lowest BCUT2D eigenvalue weighted by atomic mass is 10.2. The zero-order valence-corrected chi connectivity index (χ0v) is 19.0. The smallest absolute Gasteiger partial charge is 0.302 e. The summed E-state index contributed by atoms with van der Waals surface area (Å²) in [5.41, 5.74) is -0.475. The van der Waals surface area contributed by atoms with E-state index < -0.39 is 78.7 Å². The number of anilines is 1. The van der Waals surface area contributed by atoms with Gasteiger partial charge in [-0.3, -0.25) is 4.72 Å². The first-order chi connectivity index (χ1) is 15.4. The largest absolute Gasteiger partial charge is 0.472 e. The Bertz CT molecular complexity index is 1220. The van der Waals surface area contributed by atoms with Gasteiger partial charge in [-0.05, 0) is 19.4 Å². The molecule has 1 saturated heterocycles. The molecule has 2 heterocycles. The molecule has 33 heavy (non-hydrogen) atoms. The summed E-state index contributed by atoms with van der Waals surface area (Å²) < 4.78 is 86.6. The van der Waals surface area contributed by atoms with Gasteiger partial charge in [0.15, 0.2) is 11.6 Å². The minimum Gasteiger partial charge on any atom is -0.472 e. The van der Waals surface area contributed by atoms with Crippen LogP contribution in [-0.4, -0.2) is 73.2 Å². The molecular formula is C18H22F2N4O7S2. The van der Waals surface area contributed by atoms with Gasteiger partial charge in [-0.2, -0.15) is 22.7 Å². The van der Waals surface area contributed by atoms with Crippen molar-refractivity contribution in [2.45, 2.75) is 36.5 Å². The van der Waals surface area contributed by atoms with E-state index in [4.69, 9.17) is 9.84 Å². The van der Waals surface area contributed by atoms with Crippen molar-refractivity contribution in [1.29, 1.82) is 0 Å². The highest BCUT2D eigenvalue weighted by molar-refractivity contribution is 7.90. The number of ether oxygens (including phenoxy) is 1. The van der Waals surface area contributed by atoms with Crippen molar-refractivity contribution in [1.82, 2.24) is 14.3 Å². The standard InChI is InChI=1S/C18H22F2N4O7S2/c1-11(14(26)9-25)31-16-8-15(23-33(29,30)24-6-3-7-24)21-18(22-16)32(27,28)10-12-4-2-5-13(19)17(12)20/h2,4-5,8,11,14,25-26H,3,6-7,9-10H2,1H3,(H,21,22,23). The molecule has 0 aliphatic carbocycles. The average molecular weight is 509 g/mol. The third-order valence-corrected chi connectivity index (χ3v) is 7.70. The molecule has 2 aromatic rings. The van der Waals surface area contributed by atoms with Gasteiger partial charge in [0.25, 0.3) is 5.16 Å². The highest BCUT2D eigenvalue weighted by Crippen LogP contribution is 2.24. The molecule has 1 aromatic heterocycles. The van der Waals surface area contributed by atoms with Gasteiger partial charge < -0.3 is 14.9 Å². The summed E-state index contributed by atoms with van der Waals surface area (Å²) in [7, 11) is -8.53. The van der Waals surface area contributed by atoms with Crippen molar-refractivity contribution < 1.29 is 40.6 Å². The van der Waals surface area contributed by atoms with Crippen LogP contribution in [0, 0.1) is 11.6 Å². The normalized spacial score (nSPS) is 16.6. The Kier molecular flexibility index (Phi) is 7.48. The van der Waals surface area contributed by atoms with E-state index >= 15 is 0 Å². The van der Waals surface area contributed by atoms with Crippen LogP contribution in [0.5, 0.6) is 5.88 Å². The number of halogens is 2. The molecule has 0 radical (unpaired) electrons. The number of hydrogen-bond acceptors (Lipinski definition) is 9. The van der Waals surface area contributed by atoms with Gasteiger partial charge in [-0.25, -0.2) is 17.2 Å². The SMILES string of the molecule is CC(Oc1cc(NS(=O)(=O)N2CCC2)nc(S(=O)(=O)Cc2cccc(F)c2F)n1)C(O)CO. The van der Waals surface area contributed by atoms with E-state index in [0.29, 0.717) is 6.42 Å². The Morgan fingerprint density at radius 1 is 1.21 bits per heavy atom. The maximum atomic E-state index is 14.0. The molecule has 1 aromatic carbocycles. The van der Waals surface area contributed by atoms with E-state index in [0.717, 1.165) is 28.6 Å². The van der Waals surface area contributed by atoms with Gasteiger partial charge in [-0.1, -0.05) is 12.1 Å². The van der Waals surface area contributed by atoms with Gasteiger partial charge in [0.2, 0.25) is 15.7 Å². The molecule has 3 rings (SSSR count). The summed E-state index contributed by atoms with van der Waals surface area (Å²) in [6, 6.07) is 4.03. The van der Waals surface area contributed by atoms with Crippen molar-refractivity contribution in [3.8, 4) is 5.88 Å². The second-order valence-corrected chi connectivity index (χ2v) is 10.8. The Morgan fingerprint density at radius 2 is 1.91 bits per heavy atom. The third kappa shape index (κ3) is 5.92. The number of nitrogens with one attached hydrogen (secondary N) is 1. The van der Waals surface area contributed by atoms with Crippen LogP contribution < -0.4 is 9.46 Å². The van der Waals surface area contributed by atoms with Gasteiger partial charge in [0, 0.05) is 24.7 Å². The lowest BCUT2D eigenvalue weighted by Crippen LogP contribution is -2.45. The predicted molar refractivity (Wildman–Crippen MR) is 111 cm³/mol. The number of aliphatic hydroxyl groups is 2. The fourth-order valence-corrected chi connectivity index (χ4v) is 5.19. The molecule has 0 bridgehead atoms. The monoisotopic (exact) mass is 508 g/mol. The van der Waals surface area contributed by atoms with Crippen molar-refractivity contribution in [2.24, 2.45) is 0 Å². The third-order valence-electron chi connectivity index (χ3n) is 4.76. The summed E-state index contributed by atoms with van der Waals surface area (Å²) in [5, 5.41) is 17.9. The molecule has 1 aliphatic heterocycles. The number of sulfone groups is 1. The second-order valence-electron chi connectivity index (χ2n) is 7.28. The van der Waals surface area contributed by atoms with Crippen LogP contribution in [0.4, 0.5) is 14.6 Å². The fourth-order valence-electron chi connectivity index (χ4n) is 2.73. The lowest BCUT2D eigenvalue weighted by molar-refractivity contribution is 0.00597. The molecular weight excluding hydrogens is 486 g/mol. The zero-order chi connectivity index (χ0) is 24.4. The Balaban J connectivity index is 1.99. The van der Waals surface area contributed by atoms with Crippen molar-refractivity contribution in [3.63, 3.8) is 0 Å². The van der Waals surface area contributed by atoms with E-state index in [9.17, 15) is 30.7 Å². The minimum absolute atomic E-state index is 0.271. The zero-order valence-electron chi connectivity index (χ0n) is 17.3. The predicted octanol–water partition coefficient (Wildman–Crippen LogP) is 0.212. The number of aromatic nitrogens is 2. The highest BCUT2D eigenvalue weighted by atomic mass is 32.2. The van der Waals surface area contributed by atoms with Crippen LogP contribution in [-0.2, 0) is 25.8 Å². The van der Waals surface area contributed by atoms with Crippen LogP contribution in [0.25, 0.3) is 0 Å². The molecule has 2 atom stereocenters. The van der Waals surface area contributed by atoms with Gasteiger partial charge in [-0.15, -0.1) is 0 Å². The molecule has 3 N–H and O–H groups in total. The molecule has 1 fully saturated rings. The first-order valence-corrected chi connectivity index (χ1v) is 12.8. The quantitative estimate of drug-likeness (QED) is 0.381. The maximum Gasteiger partial charge on any atom is 0.302 e. The molecule has 2 unspecified atom stereocenters. The molecule has 1 aliphatic rings. The van der Waals surface area contributed by atoms with Crippen LogP contribution in [0.2, 0.25) is 0 Å². The second kappa shape index (κ2) is 9.80. The first kappa shape index (κ1) is 25.2. The summed E-state index contributed by atoms with van der Waals surface area (Å²) in [4.78, 5) is 7.47. The number of hydrogen-bond donors (Lipinski definition) is 3. The van der Waals surface area contributed by atoms with Gasteiger partial charge >= 0.3 is 10.2 Å². The molecule has 182 valence electrons. The van der Waals surface area contributed by atoms with Crippen LogP contribution in [0.3, 0.4) is 0 Å². The summed E-state index contributed by atoms with van der Waals surface area (Å²) in [5.74, 6) is -4.48. The van der Waals surface area contributed by atoms with Crippen LogP contribution >= 0.6 is 0 Å². The summed E-state index contributed by atoms with van der Waals surface area (Å²) >= 11 is 0. The van der Waals surface area contributed by atoms with Gasteiger partial charge in [0.1, 0.15) is 18.0 Å². The molecule has 0 spiro atoms. The molecule has 15 heteroatoms. The number of benzene rings is 1. The average Bonchev–Trinajstić information content (AvgIpc) is 2.68. The van der Waals surface area contributed by atoms with Gasteiger partial charge in [0.05, 0.1) is 12.4 Å². The Morgan fingerprint density at radius 3 is 2.52 bits per heavy atom. The van der Waals surface area contributed by atoms with Crippen molar-refractivity contribution in [3.05, 3.63) is 41.5 Å². The van der Waals surface area contributed by atoms with Crippen molar-refractivity contribution >= 4 is 25.9 Å². The van der Waals surface area contributed by atoms with E-state index in [2.05, 4.69) is 14.7 Å². The molecule has 0 saturated carbocycles. The van der Waals surface area contributed by atoms with E-state index in [-0.39, 0.29) is 13.1 Å². The van der Waals surface area contributed by atoms with E-state index in [1.165, 1.54) is 6.92 Å². The lowest BCUT2D eigenvalue weighted by Gasteiger charge is -2.29. The summed E-state index contributed by atoms with van der Waals surface area (Å²) in [6.45, 7) is 1.24. The topological polar surface area (TPSA) is 159 Å².